The number of aryl methyl sites for hydroxylation is 1. The van der Waals surface area contributed by atoms with Gasteiger partial charge in [-0.05, 0) is 42.5 Å². The molecule has 3 aromatic rings. The lowest BCUT2D eigenvalue weighted by molar-refractivity contribution is -0.145. The molecule has 1 atom stereocenters. The van der Waals surface area contributed by atoms with E-state index in [4.69, 9.17) is 9.47 Å². The number of ether oxygens (including phenoxy) is 2. The lowest BCUT2D eigenvalue weighted by Gasteiger charge is -2.18. The summed E-state index contributed by atoms with van der Waals surface area (Å²) in [5, 5.41) is 9.56. The molecular formula is C24H24O4. The van der Waals surface area contributed by atoms with Gasteiger partial charge in [0.05, 0.1) is 0 Å². The van der Waals surface area contributed by atoms with Crippen LogP contribution in [0.25, 0.3) is 0 Å². The quantitative estimate of drug-likeness (QED) is 0.533. The first-order valence-electron chi connectivity index (χ1n) is 9.41. The number of carboxylic acid groups (broad SMARTS) is 1. The van der Waals surface area contributed by atoms with Crippen LogP contribution in [0.4, 0.5) is 0 Å². The summed E-state index contributed by atoms with van der Waals surface area (Å²) in [4.78, 5) is 11.7. The third-order valence-corrected chi connectivity index (χ3v) is 4.41. The van der Waals surface area contributed by atoms with E-state index in [2.05, 4.69) is 0 Å². The second kappa shape index (κ2) is 10.2. The molecule has 0 heterocycles. The summed E-state index contributed by atoms with van der Waals surface area (Å²) >= 11 is 0. The Hall–Kier alpha value is -3.27. The van der Waals surface area contributed by atoms with Gasteiger partial charge in [0.1, 0.15) is 6.61 Å². The second-order valence-electron chi connectivity index (χ2n) is 6.54. The minimum Gasteiger partial charge on any atom is -0.485 e. The van der Waals surface area contributed by atoms with Crippen molar-refractivity contribution in [2.45, 2.75) is 32.0 Å². The predicted molar refractivity (Wildman–Crippen MR) is 109 cm³/mol. The molecule has 3 rings (SSSR count). The molecule has 4 heteroatoms. The molecule has 0 saturated heterocycles. The van der Waals surface area contributed by atoms with E-state index in [1.807, 2.05) is 72.8 Å². The average Bonchev–Trinajstić information content (AvgIpc) is 2.73. The van der Waals surface area contributed by atoms with E-state index in [0.717, 1.165) is 18.4 Å². The van der Waals surface area contributed by atoms with E-state index >= 15 is 0 Å². The van der Waals surface area contributed by atoms with Crippen molar-refractivity contribution in [3.05, 3.63) is 96.1 Å². The zero-order valence-corrected chi connectivity index (χ0v) is 15.7. The minimum absolute atomic E-state index is 0.396. The fourth-order valence-corrected chi connectivity index (χ4v) is 2.92. The Morgan fingerprint density at radius 2 is 1.36 bits per heavy atom. The number of para-hydroxylation sites is 2. The van der Waals surface area contributed by atoms with Crippen molar-refractivity contribution in [1.82, 2.24) is 0 Å². The zero-order chi connectivity index (χ0) is 19.6. The average molecular weight is 376 g/mol. The van der Waals surface area contributed by atoms with Gasteiger partial charge in [0.15, 0.2) is 17.6 Å². The Bertz CT molecular complexity index is 862. The molecule has 0 aliphatic rings. The fourth-order valence-electron chi connectivity index (χ4n) is 2.92. The molecule has 144 valence electrons. The number of hydrogen-bond donors (Lipinski definition) is 1. The van der Waals surface area contributed by atoms with E-state index in [1.165, 1.54) is 5.56 Å². The Balaban J connectivity index is 1.60. The number of aliphatic carboxylic acids is 1. The van der Waals surface area contributed by atoms with Gasteiger partial charge in [-0.25, -0.2) is 4.79 Å². The van der Waals surface area contributed by atoms with Gasteiger partial charge >= 0.3 is 5.97 Å². The standard InChI is InChI=1S/C24H24O4/c25-24(26)23(17-9-14-19-10-3-1-4-11-19)28-22-16-8-7-15-21(22)27-18-20-12-5-2-6-13-20/h1-8,10-13,15-16,23H,9,14,17-18H2,(H,25,26)/t23-/m0/s1. The van der Waals surface area contributed by atoms with E-state index in [9.17, 15) is 9.90 Å². The van der Waals surface area contributed by atoms with Crippen molar-refractivity contribution in [1.29, 1.82) is 0 Å². The summed E-state index contributed by atoms with van der Waals surface area (Å²) in [5.74, 6) is 0.0251. The van der Waals surface area contributed by atoms with Crippen molar-refractivity contribution in [3.63, 3.8) is 0 Å². The number of carbonyl (C=O) groups is 1. The SMILES string of the molecule is O=C(O)[C@H](CCCc1ccccc1)Oc1ccccc1OCc1ccccc1. The smallest absolute Gasteiger partial charge is 0.344 e. The number of rotatable bonds is 10. The molecule has 0 aliphatic heterocycles. The van der Waals surface area contributed by atoms with Gasteiger partial charge in [0.25, 0.3) is 0 Å². The van der Waals surface area contributed by atoms with Crippen LogP contribution in [0.1, 0.15) is 24.0 Å². The van der Waals surface area contributed by atoms with Crippen LogP contribution in [0.2, 0.25) is 0 Å². The topological polar surface area (TPSA) is 55.8 Å². The van der Waals surface area contributed by atoms with Crippen LogP contribution >= 0.6 is 0 Å². The monoisotopic (exact) mass is 376 g/mol. The highest BCUT2D eigenvalue weighted by atomic mass is 16.5. The van der Waals surface area contributed by atoms with Gasteiger partial charge in [-0.15, -0.1) is 0 Å². The van der Waals surface area contributed by atoms with Crippen molar-refractivity contribution in [2.24, 2.45) is 0 Å². The van der Waals surface area contributed by atoms with Crippen LogP contribution in [-0.2, 0) is 17.8 Å². The summed E-state index contributed by atoms with van der Waals surface area (Å²) in [5.41, 5.74) is 2.23. The van der Waals surface area contributed by atoms with Gasteiger partial charge in [-0.1, -0.05) is 72.8 Å². The molecule has 0 amide bonds. The fraction of sp³-hybridized carbons (Fsp3) is 0.208. The minimum atomic E-state index is -0.967. The van der Waals surface area contributed by atoms with Crippen LogP contribution < -0.4 is 9.47 Å². The first kappa shape index (κ1) is 19.5. The highest BCUT2D eigenvalue weighted by Gasteiger charge is 2.20. The van der Waals surface area contributed by atoms with Crippen molar-refractivity contribution >= 4 is 5.97 Å². The van der Waals surface area contributed by atoms with Crippen LogP contribution in [0, 0.1) is 0 Å². The van der Waals surface area contributed by atoms with Gasteiger partial charge in [-0.3, -0.25) is 0 Å². The summed E-state index contributed by atoms with van der Waals surface area (Å²) < 4.78 is 11.7. The second-order valence-corrected chi connectivity index (χ2v) is 6.54. The third-order valence-electron chi connectivity index (χ3n) is 4.41. The summed E-state index contributed by atoms with van der Waals surface area (Å²) in [6, 6.07) is 27.0. The molecule has 1 N–H and O–H groups in total. The molecular weight excluding hydrogens is 352 g/mol. The Kier molecular flexibility index (Phi) is 7.08. The molecule has 0 spiro atoms. The predicted octanol–water partition coefficient (Wildman–Crippen LogP) is 5.12. The molecule has 0 aromatic heterocycles. The lowest BCUT2D eigenvalue weighted by atomic mass is 10.1. The highest BCUT2D eigenvalue weighted by Crippen LogP contribution is 2.29. The number of benzene rings is 3. The molecule has 0 fully saturated rings. The van der Waals surface area contributed by atoms with Crippen molar-refractivity contribution < 1.29 is 19.4 Å². The Morgan fingerprint density at radius 3 is 2.00 bits per heavy atom. The third kappa shape index (κ3) is 5.88. The molecule has 3 aromatic carbocycles. The van der Waals surface area contributed by atoms with Gasteiger partial charge in [0, 0.05) is 0 Å². The Labute approximate surface area is 165 Å². The van der Waals surface area contributed by atoms with Crippen LogP contribution in [-0.4, -0.2) is 17.2 Å². The lowest BCUT2D eigenvalue weighted by Crippen LogP contribution is -2.27. The molecule has 4 nitrogen and oxygen atoms in total. The zero-order valence-electron chi connectivity index (χ0n) is 15.7. The largest absolute Gasteiger partial charge is 0.485 e. The Morgan fingerprint density at radius 1 is 0.786 bits per heavy atom. The van der Waals surface area contributed by atoms with Gasteiger partial charge in [0.2, 0.25) is 0 Å². The summed E-state index contributed by atoms with van der Waals surface area (Å²) in [6.45, 7) is 0.396. The van der Waals surface area contributed by atoms with Crippen molar-refractivity contribution in [2.75, 3.05) is 0 Å². The molecule has 0 saturated carbocycles. The molecule has 0 radical (unpaired) electrons. The maximum absolute atomic E-state index is 11.7. The van der Waals surface area contributed by atoms with Gasteiger partial charge in [-0.2, -0.15) is 0 Å². The van der Waals surface area contributed by atoms with E-state index in [1.54, 1.807) is 12.1 Å². The first-order chi connectivity index (χ1) is 13.7. The van der Waals surface area contributed by atoms with Crippen LogP contribution in [0.15, 0.2) is 84.9 Å². The normalized spacial score (nSPS) is 11.6. The van der Waals surface area contributed by atoms with E-state index in [-0.39, 0.29) is 0 Å². The van der Waals surface area contributed by atoms with Gasteiger partial charge < -0.3 is 14.6 Å². The number of carboxylic acids is 1. The maximum Gasteiger partial charge on any atom is 0.344 e. The summed E-state index contributed by atoms with van der Waals surface area (Å²) in [7, 11) is 0. The first-order valence-corrected chi connectivity index (χ1v) is 9.41. The van der Waals surface area contributed by atoms with Crippen molar-refractivity contribution in [3.8, 4) is 11.5 Å². The van der Waals surface area contributed by atoms with E-state index < -0.39 is 12.1 Å². The molecule has 0 unspecified atom stereocenters. The molecule has 0 aliphatic carbocycles. The highest BCUT2D eigenvalue weighted by molar-refractivity contribution is 5.72. The van der Waals surface area contributed by atoms with E-state index in [0.29, 0.717) is 24.5 Å². The van der Waals surface area contributed by atoms with Crippen LogP contribution in [0.3, 0.4) is 0 Å². The molecule has 28 heavy (non-hydrogen) atoms. The van der Waals surface area contributed by atoms with Crippen LogP contribution in [0.5, 0.6) is 11.5 Å². The molecule has 0 bridgehead atoms. The summed E-state index contributed by atoms with van der Waals surface area (Å²) in [6.07, 6.45) is 1.07. The maximum atomic E-state index is 11.7. The number of hydrogen-bond acceptors (Lipinski definition) is 3.